The van der Waals surface area contributed by atoms with Gasteiger partial charge in [0.1, 0.15) is 12.1 Å². The predicted octanol–water partition coefficient (Wildman–Crippen LogP) is 1.42. The minimum atomic E-state index is -0.471. The van der Waals surface area contributed by atoms with Gasteiger partial charge >= 0.3 is 5.97 Å². The summed E-state index contributed by atoms with van der Waals surface area (Å²) in [5, 5.41) is 3.08. The summed E-state index contributed by atoms with van der Waals surface area (Å²) in [5.41, 5.74) is -0.471. The van der Waals surface area contributed by atoms with Crippen molar-refractivity contribution in [2.75, 3.05) is 47.0 Å². The summed E-state index contributed by atoms with van der Waals surface area (Å²) in [4.78, 5) is 18.2. The summed E-state index contributed by atoms with van der Waals surface area (Å²) in [6.07, 6.45) is 3.14. The van der Waals surface area contributed by atoms with Crippen LogP contribution in [0.5, 0.6) is 0 Å². The van der Waals surface area contributed by atoms with Crippen molar-refractivity contribution >= 4 is 11.9 Å². The molecule has 1 aliphatic rings. The molecule has 7 nitrogen and oxygen atoms in total. The molecule has 1 aliphatic heterocycles. The van der Waals surface area contributed by atoms with Crippen LogP contribution in [0.4, 0.5) is 0 Å². The van der Waals surface area contributed by atoms with Gasteiger partial charge in [-0.15, -0.1) is 0 Å². The molecule has 0 atom stereocenters. The molecule has 1 N–H and O–H groups in total. The van der Waals surface area contributed by atoms with Crippen LogP contribution < -0.4 is 5.32 Å². The molecule has 0 aromatic carbocycles. The number of rotatable bonds is 7. The SMILES string of the molecule is CN=C(NCC(=O)OC(C)(C)C)N1CCC(OCCCOC)CC1. The zero-order valence-electron chi connectivity index (χ0n) is 15.8. The second kappa shape index (κ2) is 10.5. The zero-order chi connectivity index (χ0) is 18.0. The molecule has 0 bridgehead atoms. The van der Waals surface area contributed by atoms with E-state index in [0.717, 1.165) is 51.5 Å². The number of hydrogen-bond donors (Lipinski definition) is 1. The van der Waals surface area contributed by atoms with Gasteiger partial charge in [0.05, 0.1) is 6.10 Å². The molecule has 0 aliphatic carbocycles. The van der Waals surface area contributed by atoms with E-state index in [1.807, 2.05) is 20.8 Å². The summed E-state index contributed by atoms with van der Waals surface area (Å²) >= 11 is 0. The Balaban J connectivity index is 2.29. The number of carbonyl (C=O) groups excluding carboxylic acids is 1. The van der Waals surface area contributed by atoms with Gasteiger partial charge in [0.15, 0.2) is 5.96 Å². The van der Waals surface area contributed by atoms with Crippen LogP contribution in [0.2, 0.25) is 0 Å². The van der Waals surface area contributed by atoms with E-state index < -0.39 is 5.60 Å². The van der Waals surface area contributed by atoms with Gasteiger partial charge in [0, 0.05) is 40.5 Å². The second-order valence-electron chi connectivity index (χ2n) is 6.89. The molecule has 140 valence electrons. The van der Waals surface area contributed by atoms with Crippen molar-refractivity contribution in [2.45, 2.75) is 51.7 Å². The van der Waals surface area contributed by atoms with Crippen molar-refractivity contribution in [1.82, 2.24) is 10.2 Å². The summed E-state index contributed by atoms with van der Waals surface area (Å²) in [5.74, 6) is 0.457. The second-order valence-corrected chi connectivity index (χ2v) is 6.89. The first-order valence-electron chi connectivity index (χ1n) is 8.63. The first-order chi connectivity index (χ1) is 11.4. The number of aliphatic imine (C=N–C) groups is 1. The average Bonchev–Trinajstić information content (AvgIpc) is 2.52. The quantitative estimate of drug-likeness (QED) is 0.326. The van der Waals surface area contributed by atoms with Gasteiger partial charge in [-0.2, -0.15) is 0 Å². The predicted molar refractivity (Wildman–Crippen MR) is 94.2 cm³/mol. The Morgan fingerprint density at radius 1 is 1.25 bits per heavy atom. The Bertz CT molecular complexity index is 399. The van der Waals surface area contributed by atoms with Gasteiger partial charge in [-0.05, 0) is 40.0 Å². The number of nitrogens with one attached hydrogen (secondary N) is 1. The molecule has 1 saturated heterocycles. The van der Waals surface area contributed by atoms with E-state index in [1.54, 1.807) is 14.2 Å². The van der Waals surface area contributed by atoms with Gasteiger partial charge in [-0.3, -0.25) is 9.79 Å². The molecular weight excluding hydrogens is 310 g/mol. The Labute approximate surface area is 145 Å². The fourth-order valence-electron chi connectivity index (χ4n) is 2.55. The third-order valence-corrected chi connectivity index (χ3v) is 3.61. The van der Waals surface area contributed by atoms with Crippen LogP contribution >= 0.6 is 0 Å². The highest BCUT2D eigenvalue weighted by Gasteiger charge is 2.23. The molecule has 0 aromatic heterocycles. The van der Waals surface area contributed by atoms with Crippen molar-refractivity contribution in [3.05, 3.63) is 0 Å². The van der Waals surface area contributed by atoms with Gasteiger partial charge in [0.2, 0.25) is 0 Å². The van der Waals surface area contributed by atoms with E-state index >= 15 is 0 Å². The number of esters is 1. The van der Waals surface area contributed by atoms with Crippen LogP contribution in [0.15, 0.2) is 4.99 Å². The van der Waals surface area contributed by atoms with Crippen molar-refractivity contribution in [2.24, 2.45) is 4.99 Å². The number of methoxy groups -OCH3 is 1. The highest BCUT2D eigenvalue weighted by molar-refractivity contribution is 5.84. The smallest absolute Gasteiger partial charge is 0.325 e. The number of ether oxygens (including phenoxy) is 3. The maximum absolute atomic E-state index is 11.8. The minimum Gasteiger partial charge on any atom is -0.459 e. The molecule has 0 unspecified atom stereocenters. The zero-order valence-corrected chi connectivity index (χ0v) is 15.8. The Kier molecular flexibility index (Phi) is 9.07. The molecular formula is C17H33N3O4. The normalized spacial score (nSPS) is 17.0. The van der Waals surface area contributed by atoms with Crippen molar-refractivity contribution in [1.29, 1.82) is 0 Å². The van der Waals surface area contributed by atoms with Crippen LogP contribution in [-0.4, -0.2) is 75.5 Å². The first kappa shape index (κ1) is 20.7. The molecule has 1 heterocycles. The van der Waals surface area contributed by atoms with Crippen LogP contribution in [0.25, 0.3) is 0 Å². The van der Waals surface area contributed by atoms with Crippen LogP contribution in [0, 0.1) is 0 Å². The lowest BCUT2D eigenvalue weighted by molar-refractivity contribution is -0.153. The summed E-state index contributed by atoms with van der Waals surface area (Å²) < 4.78 is 16.2. The summed E-state index contributed by atoms with van der Waals surface area (Å²) in [7, 11) is 3.43. The van der Waals surface area contributed by atoms with E-state index in [0.29, 0.717) is 6.10 Å². The number of carbonyl (C=O) groups is 1. The van der Waals surface area contributed by atoms with E-state index in [-0.39, 0.29) is 12.5 Å². The Hall–Kier alpha value is -1.34. The number of hydrogen-bond acceptors (Lipinski definition) is 5. The average molecular weight is 343 g/mol. The molecule has 0 saturated carbocycles. The maximum atomic E-state index is 11.8. The molecule has 7 heteroatoms. The Morgan fingerprint density at radius 2 is 1.92 bits per heavy atom. The molecule has 0 aromatic rings. The number of guanidine groups is 1. The summed E-state index contributed by atoms with van der Waals surface area (Å²) in [6, 6.07) is 0. The molecule has 0 spiro atoms. The lowest BCUT2D eigenvalue weighted by atomic mass is 10.1. The third-order valence-electron chi connectivity index (χ3n) is 3.61. The van der Waals surface area contributed by atoms with Gasteiger partial charge in [-0.1, -0.05) is 0 Å². The van der Waals surface area contributed by atoms with E-state index in [9.17, 15) is 4.79 Å². The molecule has 0 amide bonds. The third kappa shape index (κ3) is 8.49. The number of likely N-dealkylation sites (tertiary alicyclic amines) is 1. The lowest BCUT2D eigenvalue weighted by Crippen LogP contribution is -2.48. The molecule has 1 fully saturated rings. The monoisotopic (exact) mass is 343 g/mol. The molecule has 24 heavy (non-hydrogen) atoms. The van der Waals surface area contributed by atoms with Gasteiger partial charge in [0.25, 0.3) is 0 Å². The fourth-order valence-corrected chi connectivity index (χ4v) is 2.55. The van der Waals surface area contributed by atoms with Crippen LogP contribution in [0.1, 0.15) is 40.0 Å². The molecule has 0 radical (unpaired) electrons. The largest absolute Gasteiger partial charge is 0.459 e. The van der Waals surface area contributed by atoms with Crippen LogP contribution in [0.3, 0.4) is 0 Å². The highest BCUT2D eigenvalue weighted by Crippen LogP contribution is 2.14. The highest BCUT2D eigenvalue weighted by atomic mass is 16.6. The van der Waals surface area contributed by atoms with Crippen molar-refractivity contribution in [3.8, 4) is 0 Å². The summed E-state index contributed by atoms with van der Waals surface area (Å²) in [6.45, 7) is 8.90. The van der Waals surface area contributed by atoms with Gasteiger partial charge in [-0.25, -0.2) is 0 Å². The van der Waals surface area contributed by atoms with E-state index in [4.69, 9.17) is 14.2 Å². The topological polar surface area (TPSA) is 72.4 Å². The van der Waals surface area contributed by atoms with Gasteiger partial charge < -0.3 is 24.4 Å². The minimum absolute atomic E-state index is 0.122. The van der Waals surface area contributed by atoms with E-state index in [2.05, 4.69) is 15.2 Å². The number of piperidine rings is 1. The number of nitrogens with zero attached hydrogens (tertiary/aromatic N) is 2. The van der Waals surface area contributed by atoms with E-state index in [1.165, 1.54) is 0 Å². The van der Waals surface area contributed by atoms with Crippen molar-refractivity contribution < 1.29 is 19.0 Å². The van der Waals surface area contributed by atoms with Crippen LogP contribution in [-0.2, 0) is 19.0 Å². The fraction of sp³-hybridized carbons (Fsp3) is 0.882. The molecule has 1 rings (SSSR count). The maximum Gasteiger partial charge on any atom is 0.325 e. The lowest BCUT2D eigenvalue weighted by Gasteiger charge is -2.34. The van der Waals surface area contributed by atoms with Crippen molar-refractivity contribution in [3.63, 3.8) is 0 Å². The Morgan fingerprint density at radius 3 is 2.46 bits per heavy atom. The standard InChI is InChI=1S/C17H33N3O4/c1-17(2,3)24-15(21)13-19-16(18-4)20-9-7-14(8-10-20)23-12-6-11-22-5/h14H,6-13H2,1-5H3,(H,18,19). The first-order valence-corrected chi connectivity index (χ1v) is 8.63.